The maximum atomic E-state index is 12.8. The SMILES string of the molecule is Cc1ccc2c(c1)CCCN2C(=O)C1CC(C)CCN1. The van der Waals surface area contributed by atoms with Gasteiger partial charge in [-0.3, -0.25) is 4.79 Å². The van der Waals surface area contributed by atoms with Gasteiger partial charge in [0.2, 0.25) is 5.91 Å². The molecule has 3 rings (SSSR count). The van der Waals surface area contributed by atoms with Crippen molar-refractivity contribution in [2.24, 2.45) is 5.92 Å². The molecule has 1 saturated heterocycles. The number of benzene rings is 1. The molecule has 0 radical (unpaired) electrons. The quantitative estimate of drug-likeness (QED) is 0.852. The van der Waals surface area contributed by atoms with Crippen LogP contribution in [-0.4, -0.2) is 25.0 Å². The lowest BCUT2D eigenvalue weighted by Gasteiger charge is -2.35. The van der Waals surface area contributed by atoms with Crippen LogP contribution in [0.4, 0.5) is 5.69 Å². The highest BCUT2D eigenvalue weighted by molar-refractivity contribution is 5.98. The second-order valence-corrected chi connectivity index (χ2v) is 6.36. The summed E-state index contributed by atoms with van der Waals surface area (Å²) in [5.41, 5.74) is 3.74. The van der Waals surface area contributed by atoms with Crippen molar-refractivity contribution in [3.8, 4) is 0 Å². The summed E-state index contributed by atoms with van der Waals surface area (Å²) >= 11 is 0. The molecule has 0 saturated carbocycles. The van der Waals surface area contributed by atoms with E-state index in [2.05, 4.69) is 37.4 Å². The number of piperidine rings is 1. The molecule has 2 heterocycles. The minimum atomic E-state index is 0.00556. The molecule has 1 fully saturated rings. The highest BCUT2D eigenvalue weighted by Crippen LogP contribution is 2.29. The summed E-state index contributed by atoms with van der Waals surface area (Å²) in [5.74, 6) is 0.911. The molecule has 1 N–H and O–H groups in total. The van der Waals surface area contributed by atoms with E-state index in [0.717, 1.165) is 38.0 Å². The lowest BCUT2D eigenvalue weighted by Crippen LogP contribution is -2.51. The van der Waals surface area contributed by atoms with Crippen molar-refractivity contribution in [2.75, 3.05) is 18.0 Å². The Balaban J connectivity index is 1.83. The Labute approximate surface area is 121 Å². The molecule has 0 aliphatic carbocycles. The molecule has 1 amide bonds. The summed E-state index contributed by atoms with van der Waals surface area (Å²) in [7, 11) is 0. The molecule has 108 valence electrons. The zero-order valence-electron chi connectivity index (χ0n) is 12.5. The lowest BCUT2D eigenvalue weighted by molar-refractivity contribution is -0.121. The van der Waals surface area contributed by atoms with E-state index >= 15 is 0 Å². The third-order valence-corrected chi connectivity index (χ3v) is 4.58. The van der Waals surface area contributed by atoms with E-state index in [0.29, 0.717) is 5.92 Å². The van der Waals surface area contributed by atoms with Gasteiger partial charge in [0.1, 0.15) is 0 Å². The summed E-state index contributed by atoms with van der Waals surface area (Å²) < 4.78 is 0. The van der Waals surface area contributed by atoms with Crippen LogP contribution in [0.1, 0.15) is 37.3 Å². The normalized spacial score (nSPS) is 26.2. The average Bonchev–Trinajstić information content (AvgIpc) is 2.45. The van der Waals surface area contributed by atoms with Crippen molar-refractivity contribution in [1.82, 2.24) is 5.32 Å². The molecule has 3 nitrogen and oxygen atoms in total. The Morgan fingerprint density at radius 2 is 2.25 bits per heavy atom. The van der Waals surface area contributed by atoms with Crippen LogP contribution in [0.3, 0.4) is 0 Å². The first-order valence-electron chi connectivity index (χ1n) is 7.79. The predicted octanol–water partition coefficient (Wildman–Crippen LogP) is 2.66. The van der Waals surface area contributed by atoms with E-state index in [4.69, 9.17) is 0 Å². The zero-order chi connectivity index (χ0) is 14.1. The molecule has 2 unspecified atom stereocenters. The monoisotopic (exact) mass is 272 g/mol. The molecule has 0 aromatic heterocycles. The van der Waals surface area contributed by atoms with Gasteiger partial charge in [-0.1, -0.05) is 24.6 Å². The topological polar surface area (TPSA) is 32.3 Å². The summed E-state index contributed by atoms with van der Waals surface area (Å²) in [6.07, 6.45) is 4.32. The summed E-state index contributed by atoms with van der Waals surface area (Å²) in [5, 5.41) is 3.40. The van der Waals surface area contributed by atoms with Crippen molar-refractivity contribution in [3.05, 3.63) is 29.3 Å². The fourth-order valence-corrected chi connectivity index (χ4v) is 3.44. The van der Waals surface area contributed by atoms with Gasteiger partial charge in [-0.05, 0) is 56.7 Å². The van der Waals surface area contributed by atoms with Crippen LogP contribution < -0.4 is 10.2 Å². The highest BCUT2D eigenvalue weighted by Gasteiger charge is 2.31. The van der Waals surface area contributed by atoms with E-state index in [1.807, 2.05) is 4.90 Å². The lowest BCUT2D eigenvalue weighted by atomic mass is 9.92. The van der Waals surface area contributed by atoms with E-state index < -0.39 is 0 Å². The van der Waals surface area contributed by atoms with Crippen LogP contribution in [0.15, 0.2) is 18.2 Å². The first kappa shape index (κ1) is 13.6. The molecular weight excluding hydrogens is 248 g/mol. The van der Waals surface area contributed by atoms with E-state index in [1.165, 1.54) is 17.5 Å². The maximum Gasteiger partial charge on any atom is 0.244 e. The standard InChI is InChI=1S/C17H24N2O/c1-12-5-6-16-14(10-12)4-3-9-19(16)17(20)15-11-13(2)7-8-18-15/h5-6,10,13,15,18H,3-4,7-9,11H2,1-2H3. The molecule has 0 spiro atoms. The number of hydrogen-bond acceptors (Lipinski definition) is 2. The van der Waals surface area contributed by atoms with Crippen molar-refractivity contribution in [2.45, 2.75) is 45.6 Å². The predicted molar refractivity (Wildman–Crippen MR) is 82.0 cm³/mol. The van der Waals surface area contributed by atoms with Crippen LogP contribution >= 0.6 is 0 Å². The molecular formula is C17H24N2O. The molecule has 0 bridgehead atoms. The second-order valence-electron chi connectivity index (χ2n) is 6.36. The number of hydrogen-bond donors (Lipinski definition) is 1. The number of carbonyl (C=O) groups is 1. The second kappa shape index (κ2) is 5.57. The van der Waals surface area contributed by atoms with Crippen molar-refractivity contribution < 1.29 is 4.79 Å². The van der Waals surface area contributed by atoms with E-state index in [1.54, 1.807) is 0 Å². The third kappa shape index (κ3) is 2.59. The van der Waals surface area contributed by atoms with Crippen LogP contribution in [0.25, 0.3) is 0 Å². The molecule has 3 heteroatoms. The van der Waals surface area contributed by atoms with E-state index in [-0.39, 0.29) is 11.9 Å². The number of rotatable bonds is 1. The first-order chi connectivity index (χ1) is 9.65. The van der Waals surface area contributed by atoms with Gasteiger partial charge in [-0.2, -0.15) is 0 Å². The Bertz CT molecular complexity index is 512. The Morgan fingerprint density at radius 3 is 3.05 bits per heavy atom. The van der Waals surface area contributed by atoms with E-state index in [9.17, 15) is 4.79 Å². The number of anilines is 1. The smallest absolute Gasteiger partial charge is 0.244 e. The summed E-state index contributed by atoms with van der Waals surface area (Å²) in [6.45, 7) is 6.19. The molecule has 1 aromatic rings. The van der Waals surface area contributed by atoms with Gasteiger partial charge in [0, 0.05) is 12.2 Å². The Hall–Kier alpha value is -1.35. The van der Waals surface area contributed by atoms with Crippen LogP contribution in [-0.2, 0) is 11.2 Å². The highest BCUT2D eigenvalue weighted by atomic mass is 16.2. The van der Waals surface area contributed by atoms with Crippen LogP contribution in [0, 0.1) is 12.8 Å². The van der Waals surface area contributed by atoms with Crippen molar-refractivity contribution in [1.29, 1.82) is 0 Å². The number of fused-ring (bicyclic) bond motifs is 1. The Kier molecular flexibility index (Phi) is 3.79. The fraction of sp³-hybridized carbons (Fsp3) is 0.588. The minimum absolute atomic E-state index is 0.00556. The van der Waals surface area contributed by atoms with Gasteiger partial charge in [0.25, 0.3) is 0 Å². The number of nitrogens with zero attached hydrogens (tertiary/aromatic N) is 1. The molecule has 2 aliphatic rings. The van der Waals surface area contributed by atoms with Gasteiger partial charge >= 0.3 is 0 Å². The maximum absolute atomic E-state index is 12.8. The molecule has 2 atom stereocenters. The number of amides is 1. The number of aryl methyl sites for hydroxylation is 2. The van der Waals surface area contributed by atoms with Crippen molar-refractivity contribution >= 4 is 11.6 Å². The molecule has 2 aliphatic heterocycles. The summed E-state index contributed by atoms with van der Waals surface area (Å²) in [4.78, 5) is 14.8. The minimum Gasteiger partial charge on any atom is -0.311 e. The number of carbonyl (C=O) groups excluding carboxylic acids is 1. The van der Waals surface area contributed by atoms with Gasteiger partial charge in [0.05, 0.1) is 6.04 Å². The van der Waals surface area contributed by atoms with Crippen LogP contribution in [0.2, 0.25) is 0 Å². The van der Waals surface area contributed by atoms with Crippen molar-refractivity contribution in [3.63, 3.8) is 0 Å². The number of nitrogens with one attached hydrogen (secondary N) is 1. The van der Waals surface area contributed by atoms with Gasteiger partial charge in [-0.15, -0.1) is 0 Å². The van der Waals surface area contributed by atoms with Crippen LogP contribution in [0.5, 0.6) is 0 Å². The average molecular weight is 272 g/mol. The fourth-order valence-electron chi connectivity index (χ4n) is 3.44. The van der Waals surface area contributed by atoms with Gasteiger partial charge < -0.3 is 10.2 Å². The Morgan fingerprint density at radius 1 is 1.40 bits per heavy atom. The zero-order valence-corrected chi connectivity index (χ0v) is 12.5. The molecule has 1 aromatic carbocycles. The summed E-state index contributed by atoms with van der Waals surface area (Å²) in [6, 6.07) is 6.46. The third-order valence-electron chi connectivity index (χ3n) is 4.58. The molecule has 20 heavy (non-hydrogen) atoms. The first-order valence-corrected chi connectivity index (χ1v) is 7.79. The van der Waals surface area contributed by atoms with Gasteiger partial charge in [0.15, 0.2) is 0 Å². The van der Waals surface area contributed by atoms with Gasteiger partial charge in [-0.25, -0.2) is 0 Å². The largest absolute Gasteiger partial charge is 0.311 e.